The second kappa shape index (κ2) is 9.45. The van der Waals surface area contributed by atoms with Gasteiger partial charge in [0.1, 0.15) is 0 Å². The van der Waals surface area contributed by atoms with Crippen LogP contribution in [-0.2, 0) is 0 Å². The van der Waals surface area contributed by atoms with Crippen LogP contribution in [0.4, 0.5) is 0 Å². The normalized spacial score (nSPS) is 17.3. The number of benzene rings is 2. The maximum atomic E-state index is 9.32. The Hall–Kier alpha value is -2.63. The lowest BCUT2D eigenvalue weighted by Crippen LogP contribution is -2.32. The molecule has 0 N–H and O–H groups in total. The fourth-order valence-electron chi connectivity index (χ4n) is 4.82. The van der Waals surface area contributed by atoms with E-state index in [0.717, 1.165) is 45.3 Å². The first-order valence-electron chi connectivity index (χ1n) is 11.4. The molecule has 0 radical (unpaired) electrons. The molecule has 0 amide bonds. The number of likely N-dealkylation sites (tertiary alicyclic amines) is 1. The lowest BCUT2D eigenvalue weighted by atomic mass is 9.86. The molecule has 0 saturated carbocycles. The van der Waals surface area contributed by atoms with Crippen LogP contribution in [0.25, 0.3) is 17.7 Å². The van der Waals surface area contributed by atoms with Gasteiger partial charge >= 0.3 is 0 Å². The number of hydrogen-bond acceptors (Lipinski definition) is 2. The van der Waals surface area contributed by atoms with E-state index in [0.29, 0.717) is 5.92 Å². The molecule has 1 heterocycles. The molecule has 2 aromatic carbocycles. The summed E-state index contributed by atoms with van der Waals surface area (Å²) in [6, 6.07) is 20.1. The minimum Gasteiger partial charge on any atom is -0.303 e. The van der Waals surface area contributed by atoms with Gasteiger partial charge in [-0.1, -0.05) is 80.1 Å². The smallest absolute Gasteiger partial charge is 0.0658 e. The van der Waals surface area contributed by atoms with Crippen molar-refractivity contribution in [1.82, 2.24) is 4.90 Å². The van der Waals surface area contributed by atoms with Crippen molar-refractivity contribution >= 4 is 17.7 Å². The van der Waals surface area contributed by atoms with Crippen LogP contribution in [0, 0.1) is 23.2 Å². The molecular formula is C28H32N2. The summed E-state index contributed by atoms with van der Waals surface area (Å²) in [5.41, 5.74) is 8.42. The number of nitrogens with zero attached hydrogens (tertiary/aromatic N) is 2. The van der Waals surface area contributed by atoms with E-state index in [1.807, 2.05) is 0 Å². The fourth-order valence-corrected chi connectivity index (χ4v) is 4.82. The standard InChI is InChI=1S/C28H32N2/c1-21(2)25(20-29)10-7-17-30-18-15-24(16-19-30)28-26-11-5-3-8-22(26)13-14-23-9-4-6-12-27(23)28/h3-6,8-9,11-14,21,25H,7,10,15-19H2,1-2H3. The molecule has 30 heavy (non-hydrogen) atoms. The number of piperidine rings is 1. The molecule has 2 aliphatic rings. The van der Waals surface area contributed by atoms with Crippen LogP contribution in [0.2, 0.25) is 0 Å². The summed E-state index contributed by atoms with van der Waals surface area (Å²) in [6.07, 6.45) is 8.92. The summed E-state index contributed by atoms with van der Waals surface area (Å²) in [5.74, 6) is 0.649. The van der Waals surface area contributed by atoms with Gasteiger partial charge < -0.3 is 4.90 Å². The van der Waals surface area contributed by atoms with Gasteiger partial charge in [-0.2, -0.15) is 5.26 Å². The summed E-state index contributed by atoms with van der Waals surface area (Å²) in [4.78, 5) is 2.59. The van der Waals surface area contributed by atoms with Crippen molar-refractivity contribution in [3.8, 4) is 6.07 Å². The maximum Gasteiger partial charge on any atom is 0.0658 e. The highest BCUT2D eigenvalue weighted by Crippen LogP contribution is 2.38. The topological polar surface area (TPSA) is 27.0 Å². The van der Waals surface area contributed by atoms with E-state index in [1.54, 1.807) is 5.57 Å². The van der Waals surface area contributed by atoms with Crippen LogP contribution in [0.5, 0.6) is 0 Å². The van der Waals surface area contributed by atoms with E-state index in [-0.39, 0.29) is 5.92 Å². The third kappa shape index (κ3) is 4.42. The molecule has 2 nitrogen and oxygen atoms in total. The molecule has 1 fully saturated rings. The zero-order valence-electron chi connectivity index (χ0n) is 18.3. The van der Waals surface area contributed by atoms with Crippen LogP contribution in [-0.4, -0.2) is 24.5 Å². The van der Waals surface area contributed by atoms with Gasteiger partial charge in [0.15, 0.2) is 0 Å². The highest BCUT2D eigenvalue weighted by atomic mass is 15.1. The second-order valence-corrected chi connectivity index (χ2v) is 8.95. The van der Waals surface area contributed by atoms with Crippen molar-refractivity contribution in [3.05, 3.63) is 76.4 Å². The van der Waals surface area contributed by atoms with Gasteiger partial charge in [0.2, 0.25) is 0 Å². The fraction of sp³-hybridized carbons (Fsp3) is 0.393. The first-order valence-corrected chi connectivity index (χ1v) is 11.4. The Morgan fingerprint density at radius 3 is 2.00 bits per heavy atom. The monoisotopic (exact) mass is 396 g/mol. The van der Waals surface area contributed by atoms with E-state index in [9.17, 15) is 5.26 Å². The summed E-state index contributed by atoms with van der Waals surface area (Å²) in [6.45, 7) is 7.67. The predicted octanol–water partition coefficient (Wildman–Crippen LogP) is 6.64. The Kier molecular flexibility index (Phi) is 6.50. The van der Waals surface area contributed by atoms with Crippen LogP contribution in [0.3, 0.4) is 0 Å². The first kappa shape index (κ1) is 20.6. The van der Waals surface area contributed by atoms with Crippen molar-refractivity contribution < 1.29 is 0 Å². The maximum absolute atomic E-state index is 9.32. The van der Waals surface area contributed by atoms with Crippen molar-refractivity contribution in [2.24, 2.45) is 11.8 Å². The van der Waals surface area contributed by atoms with Crippen molar-refractivity contribution in [2.75, 3.05) is 19.6 Å². The summed E-state index contributed by atoms with van der Waals surface area (Å²) in [7, 11) is 0. The zero-order chi connectivity index (χ0) is 20.9. The average Bonchev–Trinajstić information content (AvgIpc) is 2.94. The predicted molar refractivity (Wildman–Crippen MR) is 127 cm³/mol. The van der Waals surface area contributed by atoms with Crippen molar-refractivity contribution in [2.45, 2.75) is 39.5 Å². The lowest BCUT2D eigenvalue weighted by Gasteiger charge is -2.31. The zero-order valence-corrected chi connectivity index (χ0v) is 18.3. The number of nitriles is 1. The Balaban J connectivity index is 1.51. The molecule has 1 aliphatic heterocycles. The summed E-state index contributed by atoms with van der Waals surface area (Å²) in [5, 5.41) is 9.32. The van der Waals surface area contributed by atoms with Gasteiger partial charge in [0, 0.05) is 19.0 Å². The van der Waals surface area contributed by atoms with Crippen LogP contribution in [0.15, 0.2) is 54.1 Å². The van der Waals surface area contributed by atoms with E-state index in [4.69, 9.17) is 0 Å². The van der Waals surface area contributed by atoms with Gasteiger partial charge in [-0.25, -0.2) is 0 Å². The van der Waals surface area contributed by atoms with E-state index in [2.05, 4.69) is 85.5 Å². The molecule has 0 aromatic heterocycles. The Morgan fingerprint density at radius 1 is 0.900 bits per heavy atom. The van der Waals surface area contributed by atoms with E-state index < -0.39 is 0 Å². The molecule has 1 saturated heterocycles. The van der Waals surface area contributed by atoms with Crippen LogP contribution in [0.1, 0.15) is 61.8 Å². The molecule has 4 rings (SSSR count). The highest BCUT2D eigenvalue weighted by molar-refractivity contribution is 5.94. The Labute approximate surface area is 181 Å². The molecule has 1 unspecified atom stereocenters. The molecular weight excluding hydrogens is 364 g/mol. The highest BCUT2D eigenvalue weighted by Gasteiger charge is 2.22. The Bertz CT molecular complexity index is 928. The van der Waals surface area contributed by atoms with Crippen LogP contribution < -0.4 is 0 Å². The number of hydrogen-bond donors (Lipinski definition) is 0. The third-order valence-electron chi connectivity index (χ3n) is 6.68. The average molecular weight is 397 g/mol. The molecule has 0 spiro atoms. The molecule has 1 aliphatic carbocycles. The van der Waals surface area contributed by atoms with E-state index in [1.165, 1.54) is 27.8 Å². The molecule has 154 valence electrons. The van der Waals surface area contributed by atoms with Crippen molar-refractivity contribution in [3.63, 3.8) is 0 Å². The van der Waals surface area contributed by atoms with Crippen LogP contribution >= 0.6 is 0 Å². The second-order valence-electron chi connectivity index (χ2n) is 8.95. The lowest BCUT2D eigenvalue weighted by molar-refractivity contribution is 0.244. The molecule has 0 bridgehead atoms. The minimum absolute atomic E-state index is 0.193. The number of fused-ring (bicyclic) bond motifs is 2. The first-order chi connectivity index (χ1) is 14.7. The quantitative estimate of drug-likeness (QED) is 0.483. The number of rotatable bonds is 5. The van der Waals surface area contributed by atoms with Gasteiger partial charge in [0.25, 0.3) is 0 Å². The Morgan fingerprint density at radius 2 is 1.47 bits per heavy atom. The molecule has 2 heteroatoms. The molecule has 1 atom stereocenters. The SMILES string of the molecule is CC(C)C(C#N)CCCN1CCC(=C2c3ccccc3C=Cc3ccccc32)CC1. The van der Waals surface area contributed by atoms with Gasteiger partial charge in [-0.05, 0) is 66.0 Å². The summed E-state index contributed by atoms with van der Waals surface area (Å²) >= 11 is 0. The van der Waals surface area contributed by atoms with Crippen molar-refractivity contribution in [1.29, 1.82) is 5.26 Å². The van der Waals surface area contributed by atoms with Gasteiger partial charge in [-0.3, -0.25) is 0 Å². The largest absolute Gasteiger partial charge is 0.303 e. The van der Waals surface area contributed by atoms with E-state index >= 15 is 0 Å². The summed E-state index contributed by atoms with van der Waals surface area (Å²) < 4.78 is 0. The van der Waals surface area contributed by atoms with Gasteiger partial charge in [-0.15, -0.1) is 0 Å². The molecule has 2 aromatic rings. The third-order valence-corrected chi connectivity index (χ3v) is 6.68. The van der Waals surface area contributed by atoms with Gasteiger partial charge in [0.05, 0.1) is 6.07 Å². The minimum atomic E-state index is 0.193.